The second-order valence-electron chi connectivity index (χ2n) is 3.65. The number of hydrogen-bond donors (Lipinski definition) is 1. The van der Waals surface area contributed by atoms with Crippen molar-refractivity contribution in [1.29, 1.82) is 0 Å². The van der Waals surface area contributed by atoms with Crippen molar-refractivity contribution in [3.63, 3.8) is 0 Å². The third-order valence-electron chi connectivity index (χ3n) is 1.42. The van der Waals surface area contributed by atoms with Crippen LogP contribution in [0.1, 0.15) is 33.5 Å². The van der Waals surface area contributed by atoms with Crippen molar-refractivity contribution in [1.82, 2.24) is 15.2 Å². The lowest BCUT2D eigenvalue weighted by Gasteiger charge is -2.11. The van der Waals surface area contributed by atoms with Crippen molar-refractivity contribution in [2.24, 2.45) is 0 Å². The molecule has 0 bridgehead atoms. The van der Waals surface area contributed by atoms with E-state index >= 15 is 0 Å². The maximum atomic E-state index is 4.37. The van der Waals surface area contributed by atoms with E-state index in [0.717, 1.165) is 16.7 Å². The molecule has 0 unspecified atom stereocenters. The summed E-state index contributed by atoms with van der Waals surface area (Å²) in [6.07, 6.45) is 0. The average Bonchev–Trinajstić information content (AvgIpc) is 2.35. The minimum absolute atomic E-state index is 0.0447. The lowest BCUT2D eigenvalue weighted by molar-refractivity contribution is 0.547. The van der Waals surface area contributed by atoms with Gasteiger partial charge in [-0.15, -0.1) is 0 Å². The van der Waals surface area contributed by atoms with Crippen LogP contribution in [0.3, 0.4) is 0 Å². The van der Waals surface area contributed by atoms with Crippen LogP contribution >= 0.6 is 11.8 Å². The van der Waals surface area contributed by atoms with Crippen LogP contribution in [-0.2, 0) is 5.41 Å². The third kappa shape index (κ3) is 2.24. The zero-order valence-corrected chi connectivity index (χ0v) is 8.83. The lowest BCUT2D eigenvalue weighted by Crippen LogP contribution is -2.13. The summed E-state index contributed by atoms with van der Waals surface area (Å²) in [4.78, 5) is 4.37. The largest absolute Gasteiger partial charge is 0.254 e. The highest BCUT2D eigenvalue weighted by atomic mass is 32.2. The molecule has 4 heteroatoms. The molecule has 1 aromatic heterocycles. The highest BCUT2D eigenvalue weighted by molar-refractivity contribution is 7.99. The first kappa shape index (κ1) is 9.58. The van der Waals surface area contributed by atoms with E-state index in [-0.39, 0.29) is 5.41 Å². The van der Waals surface area contributed by atoms with Crippen LogP contribution in [0.4, 0.5) is 0 Å². The number of rotatable bonds is 2. The Bertz CT molecular complexity index is 249. The topological polar surface area (TPSA) is 41.6 Å². The van der Waals surface area contributed by atoms with Crippen LogP contribution in [0.2, 0.25) is 0 Å². The zero-order valence-electron chi connectivity index (χ0n) is 8.01. The molecule has 1 aromatic rings. The minimum atomic E-state index is 0.0447. The second kappa shape index (κ2) is 3.47. The monoisotopic (exact) mass is 185 g/mol. The third-order valence-corrected chi connectivity index (χ3v) is 2.16. The first-order valence-corrected chi connectivity index (χ1v) is 5.08. The van der Waals surface area contributed by atoms with Crippen molar-refractivity contribution >= 4 is 11.8 Å². The first-order valence-electron chi connectivity index (χ1n) is 4.09. The summed E-state index contributed by atoms with van der Waals surface area (Å²) >= 11 is 1.68. The number of nitrogens with zero attached hydrogens (tertiary/aromatic N) is 2. The molecule has 0 aliphatic heterocycles. The summed E-state index contributed by atoms with van der Waals surface area (Å²) in [5.74, 6) is 1.91. The standard InChI is InChI=1S/C8H15N3S/c1-5-12-7-9-6(10-11-7)8(2,3)4/h5H2,1-4H3,(H,9,10,11). The Morgan fingerprint density at radius 2 is 2.08 bits per heavy atom. The Balaban J connectivity index is 2.77. The quantitative estimate of drug-likeness (QED) is 0.718. The molecule has 0 aliphatic carbocycles. The van der Waals surface area contributed by atoms with Gasteiger partial charge in [0.05, 0.1) is 0 Å². The van der Waals surface area contributed by atoms with E-state index in [9.17, 15) is 0 Å². The van der Waals surface area contributed by atoms with Crippen molar-refractivity contribution in [3.8, 4) is 0 Å². The molecular weight excluding hydrogens is 170 g/mol. The molecule has 0 radical (unpaired) electrons. The molecule has 0 saturated carbocycles. The van der Waals surface area contributed by atoms with Crippen molar-refractivity contribution in [2.45, 2.75) is 38.3 Å². The van der Waals surface area contributed by atoms with E-state index in [4.69, 9.17) is 0 Å². The van der Waals surface area contributed by atoms with Gasteiger partial charge >= 0.3 is 0 Å². The van der Waals surface area contributed by atoms with E-state index in [2.05, 4.69) is 42.9 Å². The van der Waals surface area contributed by atoms with Crippen LogP contribution in [0.5, 0.6) is 0 Å². The van der Waals surface area contributed by atoms with Gasteiger partial charge in [-0.05, 0) is 5.75 Å². The Kier molecular flexibility index (Phi) is 2.77. The van der Waals surface area contributed by atoms with Crippen LogP contribution in [0.25, 0.3) is 0 Å². The molecule has 0 fully saturated rings. The highest BCUT2D eigenvalue weighted by Gasteiger charge is 2.18. The Morgan fingerprint density at radius 1 is 1.42 bits per heavy atom. The molecule has 0 aromatic carbocycles. The second-order valence-corrected chi connectivity index (χ2v) is 4.90. The fourth-order valence-electron chi connectivity index (χ4n) is 0.784. The zero-order chi connectivity index (χ0) is 9.19. The number of nitrogens with one attached hydrogen (secondary N) is 1. The molecule has 12 heavy (non-hydrogen) atoms. The van der Waals surface area contributed by atoms with E-state index in [1.54, 1.807) is 11.8 Å². The lowest BCUT2D eigenvalue weighted by atomic mass is 9.96. The molecule has 0 spiro atoms. The summed E-state index contributed by atoms with van der Waals surface area (Å²) in [6, 6.07) is 0. The Hall–Kier alpha value is -0.510. The molecule has 1 rings (SSSR count). The maximum absolute atomic E-state index is 4.37. The fraction of sp³-hybridized carbons (Fsp3) is 0.750. The molecule has 1 N–H and O–H groups in total. The van der Waals surface area contributed by atoms with Crippen LogP contribution in [0, 0.1) is 0 Å². The summed E-state index contributed by atoms with van der Waals surface area (Å²) in [6.45, 7) is 8.42. The van der Waals surface area contributed by atoms with Crippen LogP contribution in [0.15, 0.2) is 5.16 Å². The molecule has 0 saturated heterocycles. The van der Waals surface area contributed by atoms with E-state index in [0.29, 0.717) is 0 Å². The van der Waals surface area contributed by atoms with Gasteiger partial charge in [0.1, 0.15) is 0 Å². The van der Waals surface area contributed by atoms with Gasteiger partial charge in [0.15, 0.2) is 11.0 Å². The van der Waals surface area contributed by atoms with Gasteiger partial charge in [-0.2, -0.15) is 5.10 Å². The maximum Gasteiger partial charge on any atom is 0.183 e. The number of H-pyrrole nitrogens is 1. The SMILES string of the molecule is CCSc1nc(C(C)(C)C)n[nH]1. The van der Waals surface area contributed by atoms with Gasteiger partial charge in [-0.1, -0.05) is 39.5 Å². The van der Waals surface area contributed by atoms with Crippen molar-refractivity contribution < 1.29 is 0 Å². The molecular formula is C8H15N3S. The van der Waals surface area contributed by atoms with Crippen LogP contribution in [-0.4, -0.2) is 20.9 Å². The molecule has 0 atom stereocenters. The van der Waals surface area contributed by atoms with Crippen molar-refractivity contribution in [2.75, 3.05) is 5.75 Å². The van der Waals surface area contributed by atoms with Gasteiger partial charge in [-0.25, -0.2) is 4.98 Å². The number of hydrogen-bond acceptors (Lipinski definition) is 3. The molecule has 3 nitrogen and oxygen atoms in total. The first-order chi connectivity index (χ1) is 5.54. The molecule has 0 aliphatic rings. The van der Waals surface area contributed by atoms with Gasteiger partial charge in [0, 0.05) is 5.41 Å². The van der Waals surface area contributed by atoms with Crippen LogP contribution < -0.4 is 0 Å². The Morgan fingerprint density at radius 3 is 2.50 bits per heavy atom. The molecule has 0 amide bonds. The molecule has 68 valence electrons. The smallest absolute Gasteiger partial charge is 0.183 e. The van der Waals surface area contributed by atoms with Gasteiger partial charge in [0.2, 0.25) is 0 Å². The highest BCUT2D eigenvalue weighted by Crippen LogP contribution is 2.20. The summed E-state index contributed by atoms with van der Waals surface area (Å²) in [5.41, 5.74) is 0.0447. The van der Waals surface area contributed by atoms with Gasteiger partial charge in [-0.3, -0.25) is 5.10 Å². The van der Waals surface area contributed by atoms with Gasteiger partial charge < -0.3 is 0 Å². The fourth-order valence-corrected chi connectivity index (χ4v) is 1.32. The number of thioether (sulfide) groups is 1. The molecule has 1 heterocycles. The summed E-state index contributed by atoms with van der Waals surface area (Å²) in [7, 11) is 0. The minimum Gasteiger partial charge on any atom is -0.254 e. The van der Waals surface area contributed by atoms with E-state index < -0.39 is 0 Å². The average molecular weight is 185 g/mol. The van der Waals surface area contributed by atoms with Crippen molar-refractivity contribution in [3.05, 3.63) is 5.82 Å². The summed E-state index contributed by atoms with van der Waals surface area (Å²) in [5, 5.41) is 7.98. The predicted octanol–water partition coefficient (Wildman–Crippen LogP) is 2.21. The summed E-state index contributed by atoms with van der Waals surface area (Å²) < 4.78 is 0. The normalized spacial score (nSPS) is 12.0. The number of aromatic nitrogens is 3. The number of aromatic amines is 1. The predicted molar refractivity (Wildman–Crippen MR) is 51.5 cm³/mol. The Labute approximate surface area is 77.4 Å². The van der Waals surface area contributed by atoms with Gasteiger partial charge in [0.25, 0.3) is 0 Å². The van der Waals surface area contributed by atoms with E-state index in [1.807, 2.05) is 0 Å². The van der Waals surface area contributed by atoms with E-state index in [1.165, 1.54) is 0 Å².